The summed E-state index contributed by atoms with van der Waals surface area (Å²) in [4.78, 5) is 28.8. The van der Waals surface area contributed by atoms with Crippen LogP contribution in [0.2, 0.25) is 0 Å². The number of carbonyl (C=O) groups is 1. The van der Waals surface area contributed by atoms with Gasteiger partial charge in [0.1, 0.15) is 5.82 Å². The van der Waals surface area contributed by atoms with Crippen LogP contribution in [0.1, 0.15) is 25.3 Å². The second-order valence-corrected chi connectivity index (χ2v) is 7.48. The number of likely N-dealkylation sites (N-methyl/N-ethyl adjacent to an activating group) is 1. The zero-order valence-corrected chi connectivity index (χ0v) is 15.8. The van der Waals surface area contributed by atoms with Crippen LogP contribution in [0.25, 0.3) is 5.69 Å². The maximum absolute atomic E-state index is 12.1. The summed E-state index contributed by atoms with van der Waals surface area (Å²) in [7, 11) is 2.17. The third-order valence-electron chi connectivity index (χ3n) is 5.33. The zero-order valence-electron chi connectivity index (χ0n) is 15.8. The molecule has 0 bridgehead atoms. The molecule has 0 saturated heterocycles. The van der Waals surface area contributed by atoms with Gasteiger partial charge in [-0.1, -0.05) is 12.1 Å². The Hall–Kier alpha value is -2.51. The Morgan fingerprint density at radius 1 is 1.33 bits per heavy atom. The summed E-state index contributed by atoms with van der Waals surface area (Å²) in [6, 6.07) is 10.4. The van der Waals surface area contributed by atoms with E-state index in [4.69, 9.17) is 5.73 Å². The second kappa shape index (κ2) is 8.45. The van der Waals surface area contributed by atoms with Crippen molar-refractivity contribution >= 4 is 12.2 Å². The fourth-order valence-corrected chi connectivity index (χ4v) is 3.55. The Morgan fingerprint density at radius 3 is 2.63 bits per heavy atom. The van der Waals surface area contributed by atoms with E-state index in [0.717, 1.165) is 37.4 Å². The molecule has 3 N–H and O–H groups in total. The quantitative estimate of drug-likeness (QED) is 0.686. The van der Waals surface area contributed by atoms with Gasteiger partial charge in [0, 0.05) is 24.8 Å². The van der Waals surface area contributed by atoms with Crippen LogP contribution in [0.5, 0.6) is 0 Å². The molecular weight excluding hydrogens is 342 g/mol. The smallest absolute Gasteiger partial charge is 0.328 e. The number of rotatable bonds is 8. The first-order valence-corrected chi connectivity index (χ1v) is 9.31. The van der Waals surface area contributed by atoms with Gasteiger partial charge in [0.2, 0.25) is 6.41 Å². The molecule has 1 aliphatic carbocycles. The Morgan fingerprint density at radius 2 is 2.04 bits per heavy atom. The van der Waals surface area contributed by atoms with Crippen LogP contribution in [-0.4, -0.2) is 46.5 Å². The Labute approximate surface area is 159 Å². The lowest BCUT2D eigenvalue weighted by Crippen LogP contribution is -2.44. The summed E-state index contributed by atoms with van der Waals surface area (Å²) in [6.45, 7) is 3.33. The van der Waals surface area contributed by atoms with E-state index in [1.807, 2.05) is 24.3 Å². The number of hydrogen-bond acceptors (Lipinski definition) is 5. The fourth-order valence-electron chi connectivity index (χ4n) is 3.55. The van der Waals surface area contributed by atoms with Crippen molar-refractivity contribution < 1.29 is 4.79 Å². The summed E-state index contributed by atoms with van der Waals surface area (Å²) in [5, 5.41) is 2.38. The molecule has 1 fully saturated rings. The van der Waals surface area contributed by atoms with Crippen LogP contribution < -0.4 is 16.7 Å². The minimum Gasteiger partial charge on any atom is -0.328 e. The SMILES string of the molecule is CC(Cc1ccc(-n2ccc(NC=O)nc2=O)cc1)N(C)C[C@H]1C[C@@H](N)C1. The van der Waals surface area contributed by atoms with E-state index in [-0.39, 0.29) is 5.82 Å². The molecule has 144 valence electrons. The van der Waals surface area contributed by atoms with Crippen molar-refractivity contribution in [1.82, 2.24) is 14.5 Å². The number of amides is 1. The largest absolute Gasteiger partial charge is 0.354 e. The molecule has 3 rings (SSSR count). The molecule has 1 heterocycles. The molecule has 1 saturated carbocycles. The maximum atomic E-state index is 12.1. The lowest BCUT2D eigenvalue weighted by Gasteiger charge is -2.37. The van der Waals surface area contributed by atoms with Crippen molar-refractivity contribution in [3.63, 3.8) is 0 Å². The predicted octanol–water partition coefficient (Wildman–Crippen LogP) is 1.40. The van der Waals surface area contributed by atoms with Gasteiger partial charge in [-0.3, -0.25) is 9.36 Å². The summed E-state index contributed by atoms with van der Waals surface area (Å²) in [6.07, 6.45) is 5.32. The van der Waals surface area contributed by atoms with Gasteiger partial charge in [0.25, 0.3) is 0 Å². The Bertz CT molecular complexity index is 827. The fraction of sp³-hybridized carbons (Fsp3) is 0.450. The topological polar surface area (TPSA) is 93.2 Å². The molecular formula is C20H27N5O2. The number of carbonyl (C=O) groups excluding carboxylic acids is 1. The van der Waals surface area contributed by atoms with Crippen molar-refractivity contribution in [3.8, 4) is 5.69 Å². The standard InChI is InChI=1S/C20H27N5O2/c1-14(24(2)12-16-10-17(21)11-16)9-15-3-5-18(6-4-15)25-8-7-19(22-13-26)23-20(25)27/h3-8,13-14,16-17H,9-12,21H2,1-2H3,(H,22,23,26,27)/t14?,16-,17+. The number of nitrogens with two attached hydrogens (primary N) is 1. The maximum Gasteiger partial charge on any atom is 0.354 e. The molecule has 1 aliphatic rings. The number of hydrogen-bond donors (Lipinski definition) is 2. The average molecular weight is 369 g/mol. The highest BCUT2D eigenvalue weighted by Gasteiger charge is 2.27. The Balaban J connectivity index is 1.61. The monoisotopic (exact) mass is 369 g/mol. The molecule has 0 aliphatic heterocycles. The molecule has 1 amide bonds. The third-order valence-corrected chi connectivity index (χ3v) is 5.33. The van der Waals surface area contributed by atoms with Crippen LogP contribution in [0.4, 0.5) is 5.82 Å². The number of anilines is 1. The minimum absolute atomic E-state index is 0.243. The molecule has 1 atom stereocenters. The molecule has 0 radical (unpaired) electrons. The second-order valence-electron chi connectivity index (χ2n) is 7.48. The lowest BCUT2D eigenvalue weighted by molar-refractivity contribution is -0.105. The summed E-state index contributed by atoms with van der Waals surface area (Å²) < 4.78 is 1.45. The van der Waals surface area contributed by atoms with Crippen LogP contribution in [0, 0.1) is 5.92 Å². The summed E-state index contributed by atoms with van der Waals surface area (Å²) in [5.41, 5.74) is 7.42. The van der Waals surface area contributed by atoms with Gasteiger partial charge in [-0.25, -0.2) is 4.79 Å². The molecule has 2 aromatic rings. The zero-order chi connectivity index (χ0) is 19.4. The molecule has 7 nitrogen and oxygen atoms in total. The van der Waals surface area contributed by atoms with Gasteiger partial charge < -0.3 is 16.0 Å². The van der Waals surface area contributed by atoms with Crippen LogP contribution in [0.15, 0.2) is 41.3 Å². The van der Waals surface area contributed by atoms with E-state index in [1.165, 1.54) is 10.1 Å². The van der Waals surface area contributed by atoms with Crippen LogP contribution in [-0.2, 0) is 11.2 Å². The van der Waals surface area contributed by atoms with E-state index in [9.17, 15) is 9.59 Å². The van der Waals surface area contributed by atoms with Crippen molar-refractivity contribution in [2.45, 2.75) is 38.3 Å². The van der Waals surface area contributed by atoms with Crippen molar-refractivity contribution in [1.29, 1.82) is 0 Å². The molecule has 1 unspecified atom stereocenters. The van der Waals surface area contributed by atoms with Gasteiger partial charge in [-0.15, -0.1) is 0 Å². The van der Waals surface area contributed by atoms with Gasteiger partial charge >= 0.3 is 5.69 Å². The van der Waals surface area contributed by atoms with Crippen molar-refractivity contribution in [3.05, 3.63) is 52.6 Å². The van der Waals surface area contributed by atoms with Crippen molar-refractivity contribution in [2.24, 2.45) is 11.7 Å². The predicted molar refractivity (Wildman–Crippen MR) is 106 cm³/mol. The number of aromatic nitrogens is 2. The molecule has 1 aromatic carbocycles. The molecule has 27 heavy (non-hydrogen) atoms. The van der Waals surface area contributed by atoms with E-state index >= 15 is 0 Å². The van der Waals surface area contributed by atoms with Gasteiger partial charge in [-0.05, 0) is 62.9 Å². The number of nitrogens with one attached hydrogen (secondary N) is 1. The first kappa shape index (κ1) is 19.3. The third kappa shape index (κ3) is 4.81. The summed E-state index contributed by atoms with van der Waals surface area (Å²) >= 11 is 0. The highest BCUT2D eigenvalue weighted by atomic mass is 16.1. The lowest BCUT2D eigenvalue weighted by atomic mass is 9.80. The Kier molecular flexibility index (Phi) is 6.03. The number of nitrogens with zero attached hydrogens (tertiary/aromatic N) is 3. The van der Waals surface area contributed by atoms with E-state index in [2.05, 4.69) is 29.2 Å². The van der Waals surface area contributed by atoms with Gasteiger partial charge in [0.05, 0.1) is 5.69 Å². The first-order valence-electron chi connectivity index (χ1n) is 9.31. The number of benzene rings is 1. The molecule has 7 heteroatoms. The molecule has 0 spiro atoms. The summed E-state index contributed by atoms with van der Waals surface area (Å²) in [5.74, 6) is 0.970. The molecule has 1 aromatic heterocycles. The van der Waals surface area contributed by atoms with E-state index in [1.54, 1.807) is 12.3 Å². The highest BCUT2D eigenvalue weighted by Crippen LogP contribution is 2.26. The normalized spacial score (nSPS) is 20.1. The van der Waals surface area contributed by atoms with Crippen LogP contribution in [0.3, 0.4) is 0 Å². The van der Waals surface area contributed by atoms with Gasteiger partial charge in [-0.2, -0.15) is 4.98 Å². The highest BCUT2D eigenvalue weighted by molar-refractivity contribution is 5.68. The van der Waals surface area contributed by atoms with Gasteiger partial charge in [0.15, 0.2) is 0 Å². The van der Waals surface area contributed by atoms with Crippen molar-refractivity contribution in [2.75, 3.05) is 18.9 Å². The van der Waals surface area contributed by atoms with Crippen LogP contribution >= 0.6 is 0 Å². The minimum atomic E-state index is -0.429. The first-order chi connectivity index (χ1) is 13.0. The van der Waals surface area contributed by atoms with E-state index < -0.39 is 5.69 Å². The average Bonchev–Trinajstić information content (AvgIpc) is 2.61. The van der Waals surface area contributed by atoms with E-state index in [0.29, 0.717) is 18.5 Å².